The lowest BCUT2D eigenvalue weighted by Gasteiger charge is -2.20. The molecule has 0 atom stereocenters. The van der Waals surface area contributed by atoms with E-state index < -0.39 is 52.3 Å². The third-order valence-corrected chi connectivity index (χ3v) is 4.58. The Morgan fingerprint density at radius 3 is 2.00 bits per heavy atom. The molecule has 28 heavy (non-hydrogen) atoms. The predicted molar refractivity (Wildman–Crippen MR) is 98.2 cm³/mol. The Kier molecular flexibility index (Phi) is 6.43. The zero-order chi connectivity index (χ0) is 21.4. The van der Waals surface area contributed by atoms with Gasteiger partial charge in [-0.2, -0.15) is 5.10 Å². The van der Waals surface area contributed by atoms with Crippen LogP contribution in [0.1, 0.15) is 55.0 Å². The molecule has 0 fully saturated rings. The Morgan fingerprint density at radius 2 is 1.57 bits per heavy atom. The summed E-state index contributed by atoms with van der Waals surface area (Å²) in [5.74, 6) is -6.72. The van der Waals surface area contributed by atoms with Crippen molar-refractivity contribution >= 4 is 17.5 Å². The summed E-state index contributed by atoms with van der Waals surface area (Å²) in [6.07, 6.45) is 0.296. The Labute approximate surface area is 165 Å². The van der Waals surface area contributed by atoms with E-state index in [-0.39, 0.29) is 17.1 Å². The van der Waals surface area contributed by atoms with Crippen molar-refractivity contribution in [2.45, 2.75) is 47.1 Å². The van der Waals surface area contributed by atoms with Crippen LogP contribution in [0.4, 0.5) is 17.6 Å². The molecule has 0 spiro atoms. The fraction of sp³-hybridized carbons (Fsp3) is 0.474. The summed E-state index contributed by atoms with van der Waals surface area (Å²) in [6.45, 7) is 6.13. The number of nitrogens with one attached hydrogen (secondary N) is 1. The van der Waals surface area contributed by atoms with Crippen LogP contribution in [0.25, 0.3) is 0 Å². The van der Waals surface area contributed by atoms with Crippen molar-refractivity contribution in [3.63, 3.8) is 0 Å². The van der Waals surface area contributed by atoms with E-state index >= 15 is 0 Å². The number of amides is 1. The maximum Gasteiger partial charge on any atom is 0.271 e. The average Bonchev–Trinajstić information content (AvgIpc) is 2.89. The van der Waals surface area contributed by atoms with E-state index in [2.05, 4.69) is 10.4 Å². The van der Waals surface area contributed by atoms with E-state index in [9.17, 15) is 22.4 Å². The van der Waals surface area contributed by atoms with Gasteiger partial charge in [0.15, 0.2) is 23.3 Å². The second-order valence-electron chi connectivity index (χ2n) is 7.72. The maximum atomic E-state index is 14.4. The van der Waals surface area contributed by atoms with E-state index in [4.69, 9.17) is 11.6 Å². The molecule has 0 aliphatic heterocycles. The SMILES string of the molecule is CCc1nn(C)c(C(=O)NCc2c(F)c(F)c(CC(C)(C)C)c(F)c2F)c1Cl. The number of hydrogen-bond acceptors (Lipinski definition) is 2. The molecule has 1 aromatic heterocycles. The third kappa shape index (κ3) is 4.32. The van der Waals surface area contributed by atoms with E-state index in [0.29, 0.717) is 12.1 Å². The van der Waals surface area contributed by atoms with Crippen molar-refractivity contribution in [2.75, 3.05) is 0 Å². The molecule has 0 unspecified atom stereocenters. The Morgan fingerprint density at radius 1 is 1.07 bits per heavy atom. The van der Waals surface area contributed by atoms with Crippen LogP contribution in [0.3, 0.4) is 0 Å². The van der Waals surface area contributed by atoms with Crippen LogP contribution in [0.2, 0.25) is 5.02 Å². The van der Waals surface area contributed by atoms with Crippen LogP contribution >= 0.6 is 11.6 Å². The number of carbonyl (C=O) groups is 1. The molecule has 0 saturated heterocycles. The minimum atomic E-state index is -1.52. The minimum absolute atomic E-state index is 0.00960. The highest BCUT2D eigenvalue weighted by atomic mass is 35.5. The Bertz CT molecular complexity index is 890. The number of halogens is 5. The first-order valence-corrected chi connectivity index (χ1v) is 9.10. The number of rotatable bonds is 5. The van der Waals surface area contributed by atoms with Gasteiger partial charge < -0.3 is 5.32 Å². The minimum Gasteiger partial charge on any atom is -0.346 e. The van der Waals surface area contributed by atoms with Gasteiger partial charge in [-0.3, -0.25) is 9.48 Å². The molecule has 0 radical (unpaired) electrons. The first-order valence-electron chi connectivity index (χ1n) is 8.72. The second-order valence-corrected chi connectivity index (χ2v) is 8.10. The van der Waals surface area contributed by atoms with Crippen molar-refractivity contribution < 1.29 is 22.4 Å². The predicted octanol–water partition coefficient (Wildman–Crippen LogP) is 4.71. The summed E-state index contributed by atoms with van der Waals surface area (Å²) >= 11 is 6.09. The largest absolute Gasteiger partial charge is 0.346 e. The fourth-order valence-electron chi connectivity index (χ4n) is 2.84. The molecule has 1 N–H and O–H groups in total. The fourth-order valence-corrected chi connectivity index (χ4v) is 3.22. The lowest BCUT2D eigenvalue weighted by Crippen LogP contribution is -2.27. The van der Waals surface area contributed by atoms with E-state index in [0.717, 1.165) is 0 Å². The number of benzene rings is 1. The monoisotopic (exact) mass is 419 g/mol. The van der Waals surface area contributed by atoms with Crippen molar-refractivity contribution in [1.29, 1.82) is 0 Å². The lowest BCUT2D eigenvalue weighted by molar-refractivity contribution is 0.0940. The van der Waals surface area contributed by atoms with Crippen LogP contribution in [0, 0.1) is 28.7 Å². The zero-order valence-corrected chi connectivity index (χ0v) is 17.1. The molecular formula is C19H22ClF4N3O. The number of carbonyl (C=O) groups excluding carboxylic acids is 1. The van der Waals surface area contributed by atoms with Gasteiger partial charge in [-0.1, -0.05) is 39.3 Å². The normalized spacial score (nSPS) is 11.8. The van der Waals surface area contributed by atoms with Gasteiger partial charge in [0.1, 0.15) is 5.69 Å². The number of nitrogens with zero attached hydrogens (tertiary/aromatic N) is 2. The van der Waals surface area contributed by atoms with Gasteiger partial charge in [0.05, 0.1) is 10.7 Å². The molecule has 1 amide bonds. The molecule has 1 aromatic carbocycles. The van der Waals surface area contributed by atoms with Crippen LogP contribution in [-0.4, -0.2) is 15.7 Å². The van der Waals surface area contributed by atoms with Gasteiger partial charge in [0, 0.05) is 24.7 Å². The molecule has 0 aliphatic rings. The average molecular weight is 420 g/mol. The van der Waals surface area contributed by atoms with Gasteiger partial charge in [-0.25, -0.2) is 17.6 Å². The highest BCUT2D eigenvalue weighted by Crippen LogP contribution is 2.30. The van der Waals surface area contributed by atoms with Crippen LogP contribution in [-0.2, 0) is 26.4 Å². The van der Waals surface area contributed by atoms with Crippen molar-refractivity contribution in [3.8, 4) is 0 Å². The first-order chi connectivity index (χ1) is 12.9. The summed E-state index contributed by atoms with van der Waals surface area (Å²) in [4.78, 5) is 12.3. The van der Waals surface area contributed by atoms with Crippen molar-refractivity contribution in [2.24, 2.45) is 12.5 Å². The van der Waals surface area contributed by atoms with Gasteiger partial charge >= 0.3 is 0 Å². The number of aryl methyl sites for hydroxylation is 2. The number of hydrogen-bond donors (Lipinski definition) is 1. The molecule has 154 valence electrons. The summed E-state index contributed by atoms with van der Waals surface area (Å²) in [5.41, 5.74) is -1.65. The highest BCUT2D eigenvalue weighted by molar-refractivity contribution is 6.34. The molecule has 2 aromatic rings. The highest BCUT2D eigenvalue weighted by Gasteiger charge is 2.28. The van der Waals surface area contributed by atoms with E-state index in [1.54, 1.807) is 27.7 Å². The summed E-state index contributed by atoms with van der Waals surface area (Å²) in [7, 11) is 1.49. The molecular weight excluding hydrogens is 398 g/mol. The molecule has 1 heterocycles. The maximum absolute atomic E-state index is 14.4. The smallest absolute Gasteiger partial charge is 0.271 e. The molecule has 0 aliphatic carbocycles. The quantitative estimate of drug-likeness (QED) is 0.563. The lowest BCUT2D eigenvalue weighted by atomic mass is 9.87. The van der Waals surface area contributed by atoms with Gasteiger partial charge in [0.25, 0.3) is 5.91 Å². The molecule has 9 heteroatoms. The van der Waals surface area contributed by atoms with E-state index in [1.165, 1.54) is 11.7 Å². The van der Waals surface area contributed by atoms with Gasteiger partial charge in [0.2, 0.25) is 0 Å². The van der Waals surface area contributed by atoms with E-state index in [1.807, 2.05) is 0 Å². The second kappa shape index (κ2) is 8.11. The number of aromatic nitrogens is 2. The third-order valence-electron chi connectivity index (χ3n) is 4.18. The Hall–Kier alpha value is -2.09. The van der Waals surface area contributed by atoms with Gasteiger partial charge in [-0.05, 0) is 18.3 Å². The standard InChI is InChI=1S/C19H22ClF4N3O/c1-6-11-12(20)17(27(5)26-11)18(28)25-8-10-15(23)13(21)9(7-19(2,3)4)14(22)16(10)24/h6-8H2,1-5H3,(H,25,28). The Balaban J connectivity index is 2.33. The zero-order valence-electron chi connectivity index (χ0n) is 16.3. The molecule has 0 bridgehead atoms. The van der Waals surface area contributed by atoms with Crippen molar-refractivity contribution in [3.05, 3.63) is 50.8 Å². The molecule has 4 nitrogen and oxygen atoms in total. The van der Waals surface area contributed by atoms with Crippen LogP contribution in [0.5, 0.6) is 0 Å². The molecule has 0 saturated carbocycles. The van der Waals surface area contributed by atoms with Crippen LogP contribution < -0.4 is 5.32 Å². The van der Waals surface area contributed by atoms with Crippen molar-refractivity contribution in [1.82, 2.24) is 15.1 Å². The summed E-state index contributed by atoms with van der Waals surface area (Å²) in [5, 5.41) is 6.42. The first kappa shape index (κ1) is 22.2. The van der Waals surface area contributed by atoms with Gasteiger partial charge in [-0.15, -0.1) is 0 Å². The summed E-state index contributed by atoms with van der Waals surface area (Å²) < 4.78 is 58.6. The molecule has 2 rings (SSSR count). The summed E-state index contributed by atoms with van der Waals surface area (Å²) in [6, 6.07) is 0. The topological polar surface area (TPSA) is 46.9 Å². The van der Waals surface area contributed by atoms with Crippen LogP contribution in [0.15, 0.2) is 0 Å².